The van der Waals surface area contributed by atoms with Crippen LogP contribution in [-0.4, -0.2) is 21.6 Å². The molecule has 0 saturated heterocycles. The lowest BCUT2D eigenvalue weighted by atomic mass is 10.0. The molecule has 0 fully saturated rings. The molecule has 0 aliphatic carbocycles. The molecule has 2 amide bonds. The minimum atomic E-state index is -1.90. The minimum absolute atomic E-state index is 0.180. The highest BCUT2D eigenvalue weighted by molar-refractivity contribution is 6.68. The molecule has 0 bridgehead atoms. The molecule has 0 heterocycles. The summed E-state index contributed by atoms with van der Waals surface area (Å²) in [5.74, 6) is -0.400. The molecule has 0 aliphatic rings. The molecule has 0 unspecified atom stereocenters. The predicted octanol–water partition coefficient (Wildman–Crippen LogP) is 6.13. The van der Waals surface area contributed by atoms with Gasteiger partial charge in [0.15, 0.2) is 5.78 Å². The van der Waals surface area contributed by atoms with E-state index in [-0.39, 0.29) is 17.0 Å². The first-order valence-corrected chi connectivity index (χ1v) is 9.23. The van der Waals surface area contributed by atoms with Crippen LogP contribution in [0.4, 0.5) is 10.5 Å². The van der Waals surface area contributed by atoms with Crippen LogP contribution in [0.2, 0.25) is 10.0 Å². The molecule has 2 rings (SSSR count). The van der Waals surface area contributed by atoms with E-state index in [9.17, 15) is 9.59 Å². The van der Waals surface area contributed by atoms with Gasteiger partial charge in [-0.2, -0.15) is 0 Å². The smallest absolute Gasteiger partial charge is 0.319 e. The maximum atomic E-state index is 12.5. The van der Waals surface area contributed by atoms with Crippen LogP contribution in [0, 0.1) is 0 Å². The van der Waals surface area contributed by atoms with Crippen molar-refractivity contribution in [2.24, 2.45) is 0 Å². The Bertz CT molecular complexity index is 793. The van der Waals surface area contributed by atoms with Gasteiger partial charge in [0.1, 0.15) is 0 Å². The van der Waals surface area contributed by atoms with Crippen LogP contribution < -0.4 is 10.6 Å². The first kappa shape index (κ1) is 21.1. The lowest BCUT2D eigenvalue weighted by Crippen LogP contribution is -2.46. The SMILES string of the molecule is O=C(Nc1ccccc1)N[C@@H](CC(=O)c1ccc(Cl)cc1Cl)C(Cl)(Cl)Cl. The number of carbonyl (C=O) groups excluding carboxylic acids is 2. The Labute approximate surface area is 175 Å². The molecule has 0 aliphatic heterocycles. The molecule has 0 spiro atoms. The molecule has 0 aromatic heterocycles. The van der Waals surface area contributed by atoms with Gasteiger partial charge in [-0.25, -0.2) is 4.79 Å². The van der Waals surface area contributed by atoms with Crippen LogP contribution in [0.15, 0.2) is 48.5 Å². The first-order valence-electron chi connectivity index (χ1n) is 7.34. The van der Waals surface area contributed by atoms with E-state index >= 15 is 0 Å². The third kappa shape index (κ3) is 6.22. The number of benzene rings is 2. The van der Waals surface area contributed by atoms with Crippen molar-refractivity contribution in [2.75, 3.05) is 5.32 Å². The number of ketones is 1. The predicted molar refractivity (Wildman–Crippen MR) is 108 cm³/mol. The zero-order valence-electron chi connectivity index (χ0n) is 13.1. The Hall–Kier alpha value is -1.17. The monoisotopic (exact) mass is 452 g/mol. The Morgan fingerprint density at radius 2 is 1.65 bits per heavy atom. The minimum Gasteiger partial charge on any atom is -0.330 e. The van der Waals surface area contributed by atoms with Crippen LogP contribution in [0.25, 0.3) is 0 Å². The van der Waals surface area contributed by atoms with Crippen molar-refractivity contribution in [3.8, 4) is 0 Å². The summed E-state index contributed by atoms with van der Waals surface area (Å²) < 4.78 is -1.90. The van der Waals surface area contributed by atoms with E-state index in [1.54, 1.807) is 24.3 Å². The molecule has 0 saturated carbocycles. The van der Waals surface area contributed by atoms with Crippen LogP contribution in [0.5, 0.6) is 0 Å². The summed E-state index contributed by atoms with van der Waals surface area (Å²) in [5.41, 5.74) is 0.778. The first-order chi connectivity index (χ1) is 12.2. The van der Waals surface area contributed by atoms with Gasteiger partial charge in [0.05, 0.1) is 11.1 Å². The van der Waals surface area contributed by atoms with Gasteiger partial charge in [0.25, 0.3) is 0 Å². The third-order valence-electron chi connectivity index (χ3n) is 3.35. The van der Waals surface area contributed by atoms with Crippen molar-refractivity contribution in [3.05, 3.63) is 64.1 Å². The third-order valence-corrected chi connectivity index (χ3v) is 4.69. The summed E-state index contributed by atoms with van der Waals surface area (Å²) in [6.07, 6.45) is -0.264. The van der Waals surface area contributed by atoms with E-state index in [1.807, 2.05) is 6.07 Å². The molecular formula is C17H13Cl5N2O2. The molecule has 26 heavy (non-hydrogen) atoms. The average Bonchev–Trinajstić information content (AvgIpc) is 2.54. The Kier molecular flexibility index (Phi) is 7.44. The van der Waals surface area contributed by atoms with Gasteiger partial charge in [-0.05, 0) is 30.3 Å². The second-order valence-corrected chi connectivity index (χ2v) is 8.52. The van der Waals surface area contributed by atoms with Gasteiger partial charge >= 0.3 is 6.03 Å². The van der Waals surface area contributed by atoms with Crippen molar-refractivity contribution < 1.29 is 9.59 Å². The van der Waals surface area contributed by atoms with Crippen LogP contribution in [0.3, 0.4) is 0 Å². The highest BCUT2D eigenvalue weighted by Crippen LogP contribution is 2.33. The van der Waals surface area contributed by atoms with E-state index in [0.717, 1.165) is 0 Å². The number of nitrogens with one attached hydrogen (secondary N) is 2. The van der Waals surface area contributed by atoms with E-state index in [2.05, 4.69) is 10.6 Å². The topological polar surface area (TPSA) is 58.2 Å². The second-order valence-electron chi connectivity index (χ2n) is 5.31. The van der Waals surface area contributed by atoms with Gasteiger partial charge in [0.2, 0.25) is 3.79 Å². The number of Topliss-reactive ketones (excluding diaryl/α,β-unsaturated/α-hetero) is 1. The maximum absolute atomic E-state index is 12.5. The number of hydrogen-bond acceptors (Lipinski definition) is 2. The van der Waals surface area contributed by atoms with Crippen molar-refractivity contribution in [3.63, 3.8) is 0 Å². The summed E-state index contributed by atoms with van der Waals surface area (Å²) >= 11 is 29.6. The fourth-order valence-electron chi connectivity index (χ4n) is 2.11. The molecule has 2 N–H and O–H groups in total. The number of anilines is 1. The van der Waals surface area contributed by atoms with E-state index in [4.69, 9.17) is 58.0 Å². The lowest BCUT2D eigenvalue weighted by Gasteiger charge is -2.25. The molecule has 138 valence electrons. The van der Waals surface area contributed by atoms with Crippen molar-refractivity contribution >= 4 is 75.5 Å². The molecule has 2 aromatic rings. The Morgan fingerprint density at radius 3 is 2.23 bits per heavy atom. The highest BCUT2D eigenvalue weighted by Gasteiger charge is 2.36. The highest BCUT2D eigenvalue weighted by atomic mass is 35.6. The Morgan fingerprint density at radius 1 is 1.00 bits per heavy atom. The molecule has 9 heteroatoms. The number of urea groups is 1. The average molecular weight is 455 g/mol. The number of halogens is 5. The van der Waals surface area contributed by atoms with E-state index in [1.165, 1.54) is 18.2 Å². The summed E-state index contributed by atoms with van der Waals surface area (Å²) in [4.78, 5) is 24.6. The zero-order chi connectivity index (χ0) is 19.3. The largest absolute Gasteiger partial charge is 0.330 e. The van der Waals surface area contributed by atoms with E-state index in [0.29, 0.717) is 10.7 Å². The quantitative estimate of drug-likeness (QED) is 0.422. The van der Waals surface area contributed by atoms with E-state index < -0.39 is 21.6 Å². The number of hydrogen-bond donors (Lipinski definition) is 2. The zero-order valence-corrected chi connectivity index (χ0v) is 16.9. The van der Waals surface area contributed by atoms with Crippen molar-refractivity contribution in [2.45, 2.75) is 16.3 Å². The molecule has 2 aromatic carbocycles. The van der Waals surface area contributed by atoms with Crippen LogP contribution in [-0.2, 0) is 0 Å². The summed E-state index contributed by atoms with van der Waals surface area (Å²) in [7, 11) is 0. The van der Waals surface area contributed by atoms with Crippen molar-refractivity contribution in [1.29, 1.82) is 0 Å². The number of rotatable bonds is 5. The summed E-state index contributed by atoms with van der Waals surface area (Å²) in [6.45, 7) is 0. The lowest BCUT2D eigenvalue weighted by molar-refractivity contribution is 0.0971. The van der Waals surface area contributed by atoms with Gasteiger partial charge in [-0.3, -0.25) is 4.79 Å². The Balaban J connectivity index is 2.10. The molecule has 4 nitrogen and oxygen atoms in total. The van der Waals surface area contributed by atoms with Crippen LogP contribution >= 0.6 is 58.0 Å². The fourth-order valence-corrected chi connectivity index (χ4v) is 3.02. The number of amides is 2. The van der Waals surface area contributed by atoms with Crippen LogP contribution in [0.1, 0.15) is 16.8 Å². The van der Waals surface area contributed by atoms with Gasteiger partial charge in [-0.1, -0.05) is 76.2 Å². The number of alkyl halides is 3. The standard InChI is InChI=1S/C17H13Cl5N2O2/c18-10-6-7-12(13(19)8-10)14(25)9-15(17(20,21)22)24-16(26)23-11-4-2-1-3-5-11/h1-8,15H,9H2,(H2,23,24,26)/t15-/m0/s1. The number of carbonyl (C=O) groups is 2. The summed E-state index contributed by atoms with van der Waals surface area (Å²) in [5, 5.41) is 5.67. The van der Waals surface area contributed by atoms with Gasteiger partial charge < -0.3 is 10.6 Å². The molecular weight excluding hydrogens is 441 g/mol. The van der Waals surface area contributed by atoms with Gasteiger partial charge in [0, 0.05) is 22.7 Å². The molecule has 0 radical (unpaired) electrons. The van der Waals surface area contributed by atoms with Gasteiger partial charge in [-0.15, -0.1) is 0 Å². The maximum Gasteiger partial charge on any atom is 0.319 e. The summed E-state index contributed by atoms with van der Waals surface area (Å²) in [6, 6.07) is 11.5. The second kappa shape index (κ2) is 9.16. The number of para-hydroxylation sites is 1. The normalized spacial score (nSPS) is 12.3. The molecule has 1 atom stereocenters. The van der Waals surface area contributed by atoms with Crippen molar-refractivity contribution in [1.82, 2.24) is 5.32 Å². The fraction of sp³-hybridized carbons (Fsp3) is 0.176.